The lowest BCUT2D eigenvalue weighted by Crippen LogP contribution is -2.26. The summed E-state index contributed by atoms with van der Waals surface area (Å²) in [7, 11) is -3.09. The lowest BCUT2D eigenvalue weighted by molar-refractivity contribution is 0.592. The molecule has 3 heteroatoms. The molecule has 1 heterocycles. The molecule has 0 radical (unpaired) electrons. The van der Waals surface area contributed by atoms with E-state index in [0.29, 0.717) is 0 Å². The van der Waals surface area contributed by atoms with Gasteiger partial charge in [0, 0.05) is 33.2 Å². The molecule has 0 aliphatic heterocycles. The Labute approximate surface area is 188 Å². The van der Waals surface area contributed by atoms with Crippen LogP contribution < -0.4 is 15.9 Å². The summed E-state index contributed by atoms with van der Waals surface area (Å²) >= 11 is 0. The Morgan fingerprint density at radius 2 is 1.03 bits per heavy atom. The molecule has 4 aromatic carbocycles. The van der Waals surface area contributed by atoms with Gasteiger partial charge in [0.25, 0.3) is 0 Å². The fraction of sp³-hybridized carbons (Fsp3) is 0. The Kier molecular flexibility index (Phi) is 5.54. The number of benzene rings is 4. The zero-order chi connectivity index (χ0) is 21.8. The van der Waals surface area contributed by atoms with Crippen LogP contribution in [-0.4, -0.2) is 4.98 Å². The standard InChI is InChI=1S/C29H22NOP/c31-32(25-14-6-2-7-15-25,26-16-8-3-9-17-26)29-19-11-10-18-27(29)28-21-20-24(22-30-28)23-12-4-1-5-13-23/h1-22H. The number of rotatable bonds is 5. The van der Waals surface area contributed by atoms with E-state index in [4.69, 9.17) is 4.98 Å². The molecule has 0 amide bonds. The molecule has 0 saturated carbocycles. The SMILES string of the molecule is O=P(c1ccccc1)(c1ccccc1)c1ccccc1-c1ccc(-c2ccccc2)cn1. The second-order valence-electron chi connectivity index (χ2n) is 7.60. The molecule has 5 aromatic rings. The second-order valence-corrected chi connectivity index (χ2v) is 10.3. The molecule has 0 aliphatic carbocycles. The predicted octanol–water partition coefficient (Wildman–Crippen LogP) is 6.06. The lowest BCUT2D eigenvalue weighted by atomic mass is 10.1. The first-order valence-corrected chi connectivity index (χ1v) is 12.3. The Bertz CT molecular complexity index is 1320. The highest BCUT2D eigenvalue weighted by Crippen LogP contribution is 2.44. The van der Waals surface area contributed by atoms with Crippen molar-refractivity contribution >= 4 is 23.1 Å². The van der Waals surface area contributed by atoms with Crippen LogP contribution in [0.5, 0.6) is 0 Å². The van der Waals surface area contributed by atoms with E-state index in [9.17, 15) is 4.57 Å². The van der Waals surface area contributed by atoms with Crippen molar-refractivity contribution in [1.29, 1.82) is 0 Å². The van der Waals surface area contributed by atoms with Crippen LogP contribution in [0, 0.1) is 0 Å². The highest BCUT2D eigenvalue weighted by Gasteiger charge is 2.32. The molecule has 0 atom stereocenters. The molecule has 0 aliphatic rings. The van der Waals surface area contributed by atoms with Crippen LogP contribution in [0.15, 0.2) is 134 Å². The molecule has 0 N–H and O–H groups in total. The molecule has 32 heavy (non-hydrogen) atoms. The van der Waals surface area contributed by atoms with Gasteiger partial charge in [-0.3, -0.25) is 4.98 Å². The number of pyridine rings is 1. The van der Waals surface area contributed by atoms with Crippen LogP contribution >= 0.6 is 7.14 Å². The summed E-state index contributed by atoms with van der Waals surface area (Å²) in [5.74, 6) is 0. The quantitative estimate of drug-likeness (QED) is 0.317. The molecule has 1 aromatic heterocycles. The molecule has 2 nitrogen and oxygen atoms in total. The van der Waals surface area contributed by atoms with Crippen LogP contribution in [-0.2, 0) is 4.57 Å². The van der Waals surface area contributed by atoms with Gasteiger partial charge < -0.3 is 4.57 Å². The molecule has 0 spiro atoms. The van der Waals surface area contributed by atoms with E-state index in [-0.39, 0.29) is 0 Å². The van der Waals surface area contributed by atoms with Crippen LogP contribution in [0.25, 0.3) is 22.4 Å². The van der Waals surface area contributed by atoms with Gasteiger partial charge in [-0.15, -0.1) is 0 Å². The van der Waals surface area contributed by atoms with Gasteiger partial charge in [0.05, 0.1) is 5.69 Å². The van der Waals surface area contributed by atoms with Crippen molar-refractivity contribution in [2.75, 3.05) is 0 Å². The molecule has 0 bridgehead atoms. The van der Waals surface area contributed by atoms with Gasteiger partial charge in [0.15, 0.2) is 7.14 Å². The zero-order valence-electron chi connectivity index (χ0n) is 17.5. The second kappa shape index (κ2) is 8.78. The summed E-state index contributed by atoms with van der Waals surface area (Å²) in [6.45, 7) is 0. The summed E-state index contributed by atoms with van der Waals surface area (Å²) in [4.78, 5) is 4.77. The minimum Gasteiger partial charge on any atom is -0.309 e. The largest absolute Gasteiger partial charge is 0.309 e. The Hall–Kier alpha value is -3.74. The van der Waals surface area contributed by atoms with E-state index in [1.54, 1.807) is 0 Å². The lowest BCUT2D eigenvalue weighted by Gasteiger charge is -2.22. The van der Waals surface area contributed by atoms with E-state index in [2.05, 4.69) is 18.2 Å². The first-order chi connectivity index (χ1) is 15.8. The number of hydrogen-bond acceptors (Lipinski definition) is 2. The predicted molar refractivity (Wildman–Crippen MR) is 135 cm³/mol. The first kappa shape index (κ1) is 20.2. The van der Waals surface area contributed by atoms with Gasteiger partial charge in [0.2, 0.25) is 0 Å². The van der Waals surface area contributed by atoms with Gasteiger partial charge in [-0.25, -0.2) is 0 Å². The number of nitrogens with zero attached hydrogens (tertiary/aromatic N) is 1. The molecule has 5 rings (SSSR count). The maximum atomic E-state index is 14.9. The van der Waals surface area contributed by atoms with E-state index in [1.807, 2.05) is 115 Å². The summed E-state index contributed by atoms with van der Waals surface area (Å²) in [6, 6.07) is 41.7. The van der Waals surface area contributed by atoms with Crippen molar-refractivity contribution in [3.05, 3.63) is 134 Å². The Morgan fingerprint density at radius 1 is 0.500 bits per heavy atom. The van der Waals surface area contributed by atoms with E-state index >= 15 is 0 Å². The van der Waals surface area contributed by atoms with E-state index < -0.39 is 7.14 Å². The molecule has 0 saturated heterocycles. The smallest absolute Gasteiger partial charge is 0.171 e. The number of aromatic nitrogens is 1. The van der Waals surface area contributed by atoms with Crippen molar-refractivity contribution in [3.63, 3.8) is 0 Å². The monoisotopic (exact) mass is 431 g/mol. The van der Waals surface area contributed by atoms with Gasteiger partial charge in [-0.1, -0.05) is 121 Å². The molecule has 0 fully saturated rings. The highest BCUT2D eigenvalue weighted by atomic mass is 31.2. The third-order valence-electron chi connectivity index (χ3n) is 5.63. The maximum Gasteiger partial charge on any atom is 0.171 e. The van der Waals surface area contributed by atoms with E-state index in [1.165, 1.54) is 0 Å². The van der Waals surface area contributed by atoms with Gasteiger partial charge in [-0.2, -0.15) is 0 Å². The Morgan fingerprint density at radius 3 is 1.59 bits per heavy atom. The third-order valence-corrected chi connectivity index (χ3v) is 8.75. The zero-order valence-corrected chi connectivity index (χ0v) is 18.4. The Balaban J connectivity index is 1.67. The van der Waals surface area contributed by atoms with Gasteiger partial charge in [0.1, 0.15) is 0 Å². The summed E-state index contributed by atoms with van der Waals surface area (Å²) in [6.07, 6.45) is 1.89. The van der Waals surface area contributed by atoms with Crippen molar-refractivity contribution in [2.45, 2.75) is 0 Å². The summed E-state index contributed by atoms with van der Waals surface area (Å²) in [5.41, 5.74) is 3.88. The van der Waals surface area contributed by atoms with Gasteiger partial charge >= 0.3 is 0 Å². The van der Waals surface area contributed by atoms with Crippen LogP contribution in [0.3, 0.4) is 0 Å². The average molecular weight is 431 g/mol. The topological polar surface area (TPSA) is 30.0 Å². The van der Waals surface area contributed by atoms with Crippen molar-refractivity contribution in [2.24, 2.45) is 0 Å². The van der Waals surface area contributed by atoms with E-state index in [0.717, 1.165) is 38.3 Å². The van der Waals surface area contributed by atoms with Crippen molar-refractivity contribution < 1.29 is 4.57 Å². The molecule has 154 valence electrons. The van der Waals surface area contributed by atoms with Crippen LogP contribution in [0.4, 0.5) is 0 Å². The number of hydrogen-bond donors (Lipinski definition) is 0. The molecular formula is C29H22NOP. The highest BCUT2D eigenvalue weighted by molar-refractivity contribution is 7.85. The minimum atomic E-state index is -3.09. The van der Waals surface area contributed by atoms with Crippen molar-refractivity contribution in [3.8, 4) is 22.4 Å². The fourth-order valence-corrected chi connectivity index (χ4v) is 6.89. The summed E-state index contributed by atoms with van der Waals surface area (Å²) in [5, 5.41) is 2.44. The van der Waals surface area contributed by atoms with Gasteiger partial charge in [-0.05, 0) is 11.6 Å². The fourth-order valence-electron chi connectivity index (χ4n) is 4.02. The van der Waals surface area contributed by atoms with Crippen LogP contribution in [0.2, 0.25) is 0 Å². The maximum absolute atomic E-state index is 14.9. The molecule has 0 unspecified atom stereocenters. The summed E-state index contributed by atoms with van der Waals surface area (Å²) < 4.78 is 14.9. The minimum absolute atomic E-state index is 0.803. The van der Waals surface area contributed by atoms with Crippen molar-refractivity contribution in [1.82, 2.24) is 4.98 Å². The average Bonchev–Trinajstić information content (AvgIpc) is 2.90. The van der Waals surface area contributed by atoms with Crippen LogP contribution in [0.1, 0.15) is 0 Å². The molecular weight excluding hydrogens is 409 g/mol. The first-order valence-electron chi connectivity index (χ1n) is 10.6. The normalized spacial score (nSPS) is 11.2. The third kappa shape index (κ3) is 3.70.